The van der Waals surface area contributed by atoms with Gasteiger partial charge in [0.25, 0.3) is 0 Å². The predicted octanol–water partition coefficient (Wildman–Crippen LogP) is 1.34. The molecule has 1 unspecified atom stereocenters. The van der Waals surface area contributed by atoms with E-state index in [1.165, 1.54) is 0 Å². The maximum atomic E-state index is 10.2. The van der Waals surface area contributed by atoms with Crippen molar-refractivity contribution in [3.63, 3.8) is 0 Å². The van der Waals surface area contributed by atoms with Crippen LogP contribution in [-0.4, -0.2) is 16.2 Å². The molecule has 0 aliphatic rings. The molecule has 0 radical (unpaired) electrons. The molecule has 80 valence electrons. The number of benzene rings is 1. The maximum absolute atomic E-state index is 10.2. The molecule has 1 heterocycles. The Kier molecular flexibility index (Phi) is 2.29. The van der Waals surface area contributed by atoms with Crippen LogP contribution in [0.2, 0.25) is 0 Å². The maximum Gasteiger partial charge on any atom is 0.101 e. The Morgan fingerprint density at radius 1 is 1.40 bits per heavy atom. The topological polar surface area (TPSA) is 51.2 Å². The highest BCUT2D eigenvalue weighted by Crippen LogP contribution is 2.28. The summed E-state index contributed by atoms with van der Waals surface area (Å²) in [6.45, 7) is 1.96. The van der Waals surface area contributed by atoms with Gasteiger partial charge in [-0.3, -0.25) is 0 Å². The number of aliphatic hydroxyl groups is 1. The first-order chi connectivity index (χ1) is 7.06. The van der Waals surface area contributed by atoms with E-state index in [9.17, 15) is 5.11 Å². The lowest BCUT2D eigenvalue weighted by molar-refractivity contribution is 0.0681. The average Bonchev–Trinajstić information content (AvgIpc) is 2.60. The van der Waals surface area contributed by atoms with Gasteiger partial charge in [0.15, 0.2) is 0 Å². The minimum absolute atomic E-state index is 0.220. The van der Waals surface area contributed by atoms with Gasteiger partial charge in [0.1, 0.15) is 5.60 Å². The molecule has 1 aromatic heterocycles. The molecule has 0 aliphatic carbocycles. The molecule has 0 amide bonds. The Hall–Kier alpha value is -1.32. The third-order valence-corrected chi connectivity index (χ3v) is 2.88. The molecular formula is C12H16N2O. The van der Waals surface area contributed by atoms with Crippen molar-refractivity contribution in [2.24, 2.45) is 12.8 Å². The number of nitrogens with zero attached hydrogens (tertiary/aromatic N) is 1. The van der Waals surface area contributed by atoms with Gasteiger partial charge in [0.2, 0.25) is 0 Å². The van der Waals surface area contributed by atoms with Crippen molar-refractivity contribution >= 4 is 10.9 Å². The molecule has 2 aromatic rings. The van der Waals surface area contributed by atoms with Crippen LogP contribution in [-0.2, 0) is 12.6 Å². The number of hydrogen-bond donors (Lipinski definition) is 2. The predicted molar refractivity (Wildman–Crippen MR) is 61.5 cm³/mol. The molecule has 2 rings (SSSR count). The Morgan fingerprint density at radius 3 is 2.80 bits per heavy atom. The molecule has 0 saturated heterocycles. The van der Waals surface area contributed by atoms with Crippen LogP contribution in [0, 0.1) is 0 Å². The van der Waals surface area contributed by atoms with E-state index >= 15 is 0 Å². The highest BCUT2D eigenvalue weighted by molar-refractivity contribution is 5.84. The van der Waals surface area contributed by atoms with E-state index in [-0.39, 0.29) is 6.54 Å². The molecule has 15 heavy (non-hydrogen) atoms. The normalized spacial score (nSPS) is 15.5. The molecule has 0 saturated carbocycles. The number of hydrogen-bond acceptors (Lipinski definition) is 2. The van der Waals surface area contributed by atoms with Crippen LogP contribution in [0.25, 0.3) is 10.9 Å². The lowest BCUT2D eigenvalue weighted by atomic mass is 9.94. The fourth-order valence-corrected chi connectivity index (χ4v) is 1.90. The van der Waals surface area contributed by atoms with Crippen LogP contribution in [0.1, 0.15) is 12.5 Å². The number of aromatic nitrogens is 1. The number of aryl methyl sites for hydroxylation is 1. The first kappa shape index (κ1) is 10.2. The van der Waals surface area contributed by atoms with Gasteiger partial charge in [0.05, 0.1) is 5.52 Å². The fraction of sp³-hybridized carbons (Fsp3) is 0.333. The second kappa shape index (κ2) is 3.36. The Morgan fingerprint density at radius 2 is 2.13 bits per heavy atom. The van der Waals surface area contributed by atoms with Crippen LogP contribution in [0.4, 0.5) is 0 Å². The summed E-state index contributed by atoms with van der Waals surface area (Å²) in [5.74, 6) is 0. The second-order valence-electron chi connectivity index (χ2n) is 4.15. The first-order valence-electron chi connectivity index (χ1n) is 5.03. The molecule has 0 aliphatic heterocycles. The van der Waals surface area contributed by atoms with Gasteiger partial charge in [-0.2, -0.15) is 0 Å². The van der Waals surface area contributed by atoms with Gasteiger partial charge in [-0.15, -0.1) is 0 Å². The zero-order chi connectivity index (χ0) is 11.1. The number of para-hydroxylation sites is 1. The molecule has 3 heteroatoms. The molecule has 1 aromatic carbocycles. The highest BCUT2D eigenvalue weighted by Gasteiger charge is 2.24. The van der Waals surface area contributed by atoms with E-state index < -0.39 is 5.60 Å². The van der Waals surface area contributed by atoms with Crippen LogP contribution < -0.4 is 5.73 Å². The van der Waals surface area contributed by atoms with E-state index in [1.807, 2.05) is 42.1 Å². The molecule has 0 spiro atoms. The monoisotopic (exact) mass is 204 g/mol. The minimum Gasteiger partial charge on any atom is -0.384 e. The van der Waals surface area contributed by atoms with Crippen molar-refractivity contribution in [1.29, 1.82) is 0 Å². The van der Waals surface area contributed by atoms with Gasteiger partial charge in [0, 0.05) is 25.4 Å². The number of nitrogens with two attached hydrogens (primary N) is 1. The van der Waals surface area contributed by atoms with Crippen molar-refractivity contribution in [2.45, 2.75) is 12.5 Å². The zero-order valence-corrected chi connectivity index (χ0v) is 9.07. The highest BCUT2D eigenvalue weighted by atomic mass is 16.3. The second-order valence-corrected chi connectivity index (χ2v) is 4.15. The first-order valence-corrected chi connectivity index (χ1v) is 5.03. The summed E-state index contributed by atoms with van der Waals surface area (Å²) >= 11 is 0. The van der Waals surface area contributed by atoms with E-state index in [1.54, 1.807) is 6.92 Å². The van der Waals surface area contributed by atoms with Crippen molar-refractivity contribution in [3.05, 3.63) is 36.0 Å². The summed E-state index contributed by atoms with van der Waals surface area (Å²) in [6.07, 6.45) is 1.99. The van der Waals surface area contributed by atoms with Crippen LogP contribution in [0.15, 0.2) is 30.5 Å². The fourth-order valence-electron chi connectivity index (χ4n) is 1.90. The summed E-state index contributed by atoms with van der Waals surface area (Å²) < 4.78 is 2.01. The van der Waals surface area contributed by atoms with Crippen LogP contribution >= 0.6 is 0 Å². The molecule has 3 N–H and O–H groups in total. The lowest BCUT2D eigenvalue weighted by Gasteiger charge is -2.23. The Balaban J connectivity index is 2.75. The number of rotatable bonds is 2. The molecule has 0 fully saturated rings. The summed E-state index contributed by atoms with van der Waals surface area (Å²) in [4.78, 5) is 0. The SMILES string of the molecule is Cn1ccc2cccc(C(C)(O)CN)c21. The van der Waals surface area contributed by atoms with E-state index in [0.29, 0.717) is 0 Å². The molecular weight excluding hydrogens is 188 g/mol. The smallest absolute Gasteiger partial charge is 0.101 e. The standard InChI is InChI=1S/C12H16N2O/c1-12(15,8-13)10-5-3-4-9-6-7-14(2)11(9)10/h3-7,15H,8,13H2,1-2H3. The average molecular weight is 204 g/mol. The van der Waals surface area contributed by atoms with Crippen molar-refractivity contribution in [3.8, 4) is 0 Å². The third kappa shape index (κ3) is 1.54. The summed E-state index contributed by atoms with van der Waals surface area (Å²) in [5, 5.41) is 11.3. The van der Waals surface area contributed by atoms with Crippen molar-refractivity contribution in [2.75, 3.05) is 6.54 Å². The Labute approximate surface area is 89.1 Å². The van der Waals surface area contributed by atoms with Gasteiger partial charge in [-0.05, 0) is 18.4 Å². The lowest BCUT2D eigenvalue weighted by Crippen LogP contribution is -2.31. The van der Waals surface area contributed by atoms with Gasteiger partial charge < -0.3 is 15.4 Å². The largest absolute Gasteiger partial charge is 0.384 e. The molecule has 1 atom stereocenters. The quantitative estimate of drug-likeness (QED) is 0.775. The molecule has 3 nitrogen and oxygen atoms in total. The Bertz CT molecular complexity index is 485. The van der Waals surface area contributed by atoms with Crippen molar-refractivity contribution < 1.29 is 5.11 Å². The summed E-state index contributed by atoms with van der Waals surface area (Å²) in [5.41, 5.74) is 6.56. The summed E-state index contributed by atoms with van der Waals surface area (Å²) in [6, 6.07) is 7.94. The minimum atomic E-state index is -0.967. The van der Waals surface area contributed by atoms with E-state index in [4.69, 9.17) is 5.73 Å². The summed E-state index contributed by atoms with van der Waals surface area (Å²) in [7, 11) is 1.97. The van der Waals surface area contributed by atoms with Gasteiger partial charge >= 0.3 is 0 Å². The number of fused-ring (bicyclic) bond motifs is 1. The van der Waals surface area contributed by atoms with Gasteiger partial charge in [-0.25, -0.2) is 0 Å². The molecule has 0 bridgehead atoms. The van der Waals surface area contributed by atoms with Crippen molar-refractivity contribution in [1.82, 2.24) is 4.57 Å². The third-order valence-electron chi connectivity index (χ3n) is 2.88. The van der Waals surface area contributed by atoms with Crippen LogP contribution in [0.5, 0.6) is 0 Å². The zero-order valence-electron chi connectivity index (χ0n) is 9.07. The van der Waals surface area contributed by atoms with E-state index in [2.05, 4.69) is 0 Å². The van der Waals surface area contributed by atoms with Crippen LogP contribution in [0.3, 0.4) is 0 Å². The van der Waals surface area contributed by atoms with E-state index in [0.717, 1.165) is 16.5 Å². The van der Waals surface area contributed by atoms with Gasteiger partial charge in [-0.1, -0.05) is 18.2 Å².